The summed E-state index contributed by atoms with van der Waals surface area (Å²) in [6, 6.07) is 9.68. The van der Waals surface area contributed by atoms with Gasteiger partial charge in [-0.2, -0.15) is 0 Å². The Kier molecular flexibility index (Phi) is 10.7. The van der Waals surface area contributed by atoms with E-state index in [1.807, 2.05) is 0 Å². The summed E-state index contributed by atoms with van der Waals surface area (Å²) in [4.78, 5) is 50.5. The number of nitrogens with zero attached hydrogens (tertiary/aromatic N) is 1. The Labute approximate surface area is 245 Å². The molecule has 2 N–H and O–H groups in total. The minimum atomic E-state index is -4.49. The summed E-state index contributed by atoms with van der Waals surface area (Å²) in [7, 11) is -3.30. The van der Waals surface area contributed by atoms with Crippen molar-refractivity contribution in [3.05, 3.63) is 59.7 Å². The van der Waals surface area contributed by atoms with E-state index in [0.29, 0.717) is 29.3 Å². The van der Waals surface area contributed by atoms with E-state index in [9.17, 15) is 27.6 Å². The fourth-order valence-corrected chi connectivity index (χ4v) is 5.79. The molecule has 1 fully saturated rings. The zero-order valence-electron chi connectivity index (χ0n) is 24.3. The quantitative estimate of drug-likeness (QED) is 0.387. The molecule has 2 amide bonds. The number of hydrogen-bond acceptors (Lipinski definition) is 10. The van der Waals surface area contributed by atoms with Gasteiger partial charge in [-0.05, 0) is 76.9 Å². The number of esters is 2. The van der Waals surface area contributed by atoms with Crippen molar-refractivity contribution in [3.8, 4) is 5.75 Å². The number of benzene rings is 2. The van der Waals surface area contributed by atoms with Gasteiger partial charge in [-0.1, -0.05) is 29.8 Å². The van der Waals surface area contributed by atoms with E-state index in [-0.39, 0.29) is 23.6 Å². The second-order valence-electron chi connectivity index (χ2n) is 10.8. The number of aryl methyl sites for hydroxylation is 1. The van der Waals surface area contributed by atoms with E-state index >= 15 is 0 Å². The first-order valence-corrected chi connectivity index (χ1v) is 14.9. The van der Waals surface area contributed by atoms with Crippen molar-refractivity contribution < 1.29 is 41.8 Å². The third kappa shape index (κ3) is 8.76. The lowest BCUT2D eigenvalue weighted by atomic mass is 10.0. The summed E-state index contributed by atoms with van der Waals surface area (Å²) in [5.41, 5.74) is 0.345. The van der Waals surface area contributed by atoms with E-state index in [2.05, 4.69) is 15.4 Å². The molecule has 0 aliphatic carbocycles. The van der Waals surface area contributed by atoms with Gasteiger partial charge in [-0.15, -0.1) is 0 Å². The maximum atomic E-state index is 14.0. The van der Waals surface area contributed by atoms with Crippen LogP contribution in [-0.4, -0.2) is 74.5 Å². The van der Waals surface area contributed by atoms with Crippen LogP contribution in [-0.2, 0) is 40.3 Å². The fraction of sp³-hybridized carbons (Fsp3) is 0.448. The van der Waals surface area contributed by atoms with E-state index in [1.54, 1.807) is 39.8 Å². The second-order valence-corrected chi connectivity index (χ2v) is 12.6. The molecule has 12 nitrogen and oxygen atoms in total. The summed E-state index contributed by atoms with van der Waals surface area (Å²) in [5, 5.41) is 5.27. The van der Waals surface area contributed by atoms with Gasteiger partial charge in [-0.3, -0.25) is 9.59 Å². The average Bonchev–Trinajstić information content (AvgIpc) is 3.47. The Balaban J connectivity index is 1.97. The van der Waals surface area contributed by atoms with Gasteiger partial charge < -0.3 is 24.8 Å². The van der Waals surface area contributed by atoms with Crippen LogP contribution >= 0.6 is 0 Å². The molecule has 0 saturated carbocycles. The summed E-state index contributed by atoms with van der Waals surface area (Å²) < 4.78 is 43.9. The van der Waals surface area contributed by atoms with Crippen molar-refractivity contribution >= 4 is 34.0 Å². The first kappa shape index (κ1) is 32.5. The molecule has 42 heavy (non-hydrogen) atoms. The van der Waals surface area contributed by atoms with Crippen molar-refractivity contribution in [2.75, 3.05) is 20.2 Å². The number of nitrogens with one attached hydrogen (secondary N) is 2. The van der Waals surface area contributed by atoms with E-state index in [0.717, 1.165) is 5.56 Å². The molecule has 13 heteroatoms. The normalized spacial score (nSPS) is 15.8. The highest BCUT2D eigenvalue weighted by Gasteiger charge is 2.44. The molecule has 0 aromatic heterocycles. The number of ether oxygens (including phenoxy) is 3. The van der Waals surface area contributed by atoms with Crippen LogP contribution in [0.5, 0.6) is 5.75 Å². The smallest absolute Gasteiger partial charge is 0.413 e. The van der Waals surface area contributed by atoms with Crippen molar-refractivity contribution in [1.82, 2.24) is 14.9 Å². The summed E-state index contributed by atoms with van der Waals surface area (Å²) >= 11 is 0. The summed E-state index contributed by atoms with van der Waals surface area (Å²) in [6.07, 6.45) is 0.0161. The van der Waals surface area contributed by atoms with Crippen LogP contribution in [0.2, 0.25) is 0 Å². The number of sulfonamides is 1. The molecule has 0 spiro atoms. The largest absolute Gasteiger partial charge is 0.468 e. The van der Waals surface area contributed by atoms with Crippen LogP contribution in [0.1, 0.15) is 44.7 Å². The van der Waals surface area contributed by atoms with Gasteiger partial charge in [0.1, 0.15) is 23.9 Å². The van der Waals surface area contributed by atoms with Crippen LogP contribution < -0.4 is 15.4 Å². The lowest BCUT2D eigenvalue weighted by Crippen LogP contribution is -2.55. The van der Waals surface area contributed by atoms with Crippen molar-refractivity contribution in [1.29, 1.82) is 0 Å². The zero-order valence-corrected chi connectivity index (χ0v) is 25.2. The minimum absolute atomic E-state index is 0.130. The maximum absolute atomic E-state index is 14.0. The molecule has 3 rings (SSSR count). The number of hydrogen-bond donors (Lipinski definition) is 2. The van der Waals surface area contributed by atoms with Gasteiger partial charge in [-0.25, -0.2) is 22.3 Å². The molecular weight excluding hydrogens is 566 g/mol. The van der Waals surface area contributed by atoms with Crippen molar-refractivity contribution in [3.63, 3.8) is 0 Å². The van der Waals surface area contributed by atoms with E-state index in [1.165, 1.54) is 43.5 Å². The number of methoxy groups -OCH3 is 1. The Hall–Kier alpha value is -3.97. The first-order chi connectivity index (χ1) is 19.7. The molecule has 1 aliphatic rings. The Morgan fingerprint density at radius 2 is 1.69 bits per heavy atom. The average molecular weight is 604 g/mol. The molecule has 2 atom stereocenters. The van der Waals surface area contributed by atoms with Gasteiger partial charge in [0.15, 0.2) is 0 Å². The first-order valence-electron chi connectivity index (χ1n) is 13.4. The molecule has 228 valence electrons. The zero-order chi connectivity index (χ0) is 31.1. The highest BCUT2D eigenvalue weighted by molar-refractivity contribution is 7.89. The lowest BCUT2D eigenvalue weighted by molar-refractivity contribution is -0.162. The number of carbonyl (C=O) groups excluding carboxylic acids is 4. The topological polar surface area (TPSA) is 157 Å². The Morgan fingerprint density at radius 1 is 1.05 bits per heavy atom. The minimum Gasteiger partial charge on any atom is -0.468 e. The van der Waals surface area contributed by atoms with Crippen molar-refractivity contribution in [2.24, 2.45) is 0 Å². The monoisotopic (exact) mass is 603 g/mol. The van der Waals surface area contributed by atoms with Gasteiger partial charge in [0.2, 0.25) is 0 Å². The molecule has 1 heterocycles. The van der Waals surface area contributed by atoms with E-state index < -0.39 is 51.6 Å². The standard InChI is InChI=1S/C29H37N3O9S/c1-19-8-14-22(15-9-19)42(37,38)32(26(34)23-7-6-16-30-23)24(27(35)41-29(2,3)4)17-20-10-12-21(13-11-20)40-28(36)31-18-25(33)39-5/h8-15,23-24,30H,6-7,16-18H2,1-5H3,(H,31,36)/t23-,24-/m0/s1. The molecular formula is C29H37N3O9S. The molecule has 0 unspecified atom stereocenters. The summed E-state index contributed by atoms with van der Waals surface area (Å²) in [6.45, 7) is 6.93. The molecule has 2 aromatic carbocycles. The maximum Gasteiger partial charge on any atom is 0.413 e. The van der Waals surface area contributed by atoms with Gasteiger partial charge in [0.05, 0.1) is 18.0 Å². The predicted molar refractivity (Wildman–Crippen MR) is 152 cm³/mol. The third-order valence-corrected chi connectivity index (χ3v) is 8.10. The lowest BCUT2D eigenvalue weighted by Gasteiger charge is -2.33. The molecule has 2 aromatic rings. The SMILES string of the molecule is COC(=O)CNC(=O)Oc1ccc(C[C@@H](C(=O)OC(C)(C)C)N(C(=O)[C@@H]2CCCN2)S(=O)(=O)c2ccc(C)cc2)cc1. The predicted octanol–water partition coefficient (Wildman–Crippen LogP) is 2.48. The van der Waals surface area contributed by atoms with E-state index in [4.69, 9.17) is 9.47 Å². The summed E-state index contributed by atoms with van der Waals surface area (Å²) in [5.74, 6) is -2.15. The van der Waals surface area contributed by atoms with Crippen LogP contribution in [0.25, 0.3) is 0 Å². The van der Waals surface area contributed by atoms with Crippen LogP contribution in [0.3, 0.4) is 0 Å². The van der Waals surface area contributed by atoms with Crippen LogP contribution in [0.15, 0.2) is 53.4 Å². The molecule has 0 bridgehead atoms. The number of rotatable bonds is 10. The van der Waals surface area contributed by atoms with Crippen LogP contribution in [0, 0.1) is 6.92 Å². The van der Waals surface area contributed by atoms with Gasteiger partial charge in [0.25, 0.3) is 15.9 Å². The molecule has 0 radical (unpaired) electrons. The molecule has 1 aliphatic heterocycles. The number of amides is 2. The van der Waals surface area contributed by atoms with Gasteiger partial charge in [0, 0.05) is 6.42 Å². The second kappa shape index (κ2) is 13.8. The fourth-order valence-electron chi connectivity index (χ4n) is 4.22. The Bertz CT molecular complexity index is 1380. The van der Waals surface area contributed by atoms with Crippen molar-refractivity contribution in [2.45, 2.75) is 69.5 Å². The molecule has 1 saturated heterocycles. The highest BCUT2D eigenvalue weighted by Crippen LogP contribution is 2.26. The highest BCUT2D eigenvalue weighted by atomic mass is 32.2. The number of carbonyl (C=O) groups is 4. The van der Waals surface area contributed by atoms with Crippen LogP contribution in [0.4, 0.5) is 4.79 Å². The Morgan fingerprint density at radius 3 is 2.24 bits per heavy atom. The third-order valence-electron chi connectivity index (χ3n) is 6.28. The van der Waals surface area contributed by atoms with Gasteiger partial charge >= 0.3 is 18.0 Å².